The molecule has 0 bridgehead atoms. The van der Waals surface area contributed by atoms with Gasteiger partial charge in [0, 0.05) is 45.7 Å². The van der Waals surface area contributed by atoms with Gasteiger partial charge in [0.25, 0.3) is 0 Å². The van der Waals surface area contributed by atoms with E-state index in [4.69, 9.17) is 5.73 Å². The molecule has 2 atom stereocenters. The van der Waals surface area contributed by atoms with Gasteiger partial charge in [0.15, 0.2) is 0 Å². The van der Waals surface area contributed by atoms with E-state index in [2.05, 4.69) is 65.7 Å². The number of carbonyl (C=O) groups is 2. The molecule has 1 fully saturated rings. The molecule has 0 aromatic heterocycles. The maximum atomic E-state index is 12.7. The van der Waals surface area contributed by atoms with Gasteiger partial charge in [-0.15, -0.1) is 0 Å². The number of benzene rings is 2. The smallest absolute Gasteiger partial charge is 0.242 e. The van der Waals surface area contributed by atoms with E-state index in [9.17, 15) is 9.59 Å². The summed E-state index contributed by atoms with van der Waals surface area (Å²) in [5.74, 6) is -0.171. The molecule has 2 amide bonds. The highest BCUT2D eigenvalue weighted by molar-refractivity contribution is 5.87. The summed E-state index contributed by atoms with van der Waals surface area (Å²) in [4.78, 5) is 29.1. The van der Waals surface area contributed by atoms with Crippen LogP contribution in [0.1, 0.15) is 30.0 Å². The van der Waals surface area contributed by atoms with Crippen molar-refractivity contribution in [1.82, 2.24) is 15.1 Å². The zero-order valence-corrected chi connectivity index (χ0v) is 18.6. The maximum absolute atomic E-state index is 12.7. The van der Waals surface area contributed by atoms with Crippen LogP contribution in [-0.2, 0) is 22.6 Å². The lowest BCUT2D eigenvalue weighted by Gasteiger charge is -2.29. The number of likely N-dealkylation sites (tertiary alicyclic amines) is 1. The first-order valence-electron chi connectivity index (χ1n) is 11.1. The third-order valence-electron chi connectivity index (χ3n) is 5.98. The fourth-order valence-electron chi connectivity index (χ4n) is 4.22. The average molecular weight is 423 g/mol. The van der Waals surface area contributed by atoms with E-state index in [1.54, 1.807) is 11.8 Å². The Hall–Kier alpha value is -2.70. The molecular formula is C25H34N4O2. The van der Waals surface area contributed by atoms with E-state index in [-0.39, 0.29) is 17.9 Å². The van der Waals surface area contributed by atoms with Crippen molar-refractivity contribution in [3.05, 3.63) is 71.3 Å². The van der Waals surface area contributed by atoms with Crippen molar-refractivity contribution in [3.63, 3.8) is 0 Å². The largest absolute Gasteiger partial charge is 0.353 e. The van der Waals surface area contributed by atoms with Gasteiger partial charge in [-0.1, -0.05) is 60.2 Å². The summed E-state index contributed by atoms with van der Waals surface area (Å²) >= 11 is 0. The molecule has 0 spiro atoms. The summed E-state index contributed by atoms with van der Waals surface area (Å²) in [6.45, 7) is 6.66. The zero-order valence-electron chi connectivity index (χ0n) is 18.6. The van der Waals surface area contributed by atoms with Gasteiger partial charge in [0.05, 0.1) is 0 Å². The van der Waals surface area contributed by atoms with Gasteiger partial charge in [-0.25, -0.2) is 0 Å². The highest BCUT2D eigenvalue weighted by Crippen LogP contribution is 2.25. The molecule has 1 saturated heterocycles. The quantitative estimate of drug-likeness (QED) is 0.649. The first-order chi connectivity index (χ1) is 15.0. The number of hydrogen-bond acceptors (Lipinski definition) is 4. The number of nitrogens with one attached hydrogen (secondary N) is 1. The van der Waals surface area contributed by atoms with E-state index >= 15 is 0 Å². The van der Waals surface area contributed by atoms with Crippen LogP contribution in [0.4, 0.5) is 0 Å². The summed E-state index contributed by atoms with van der Waals surface area (Å²) < 4.78 is 0. The molecule has 6 nitrogen and oxygen atoms in total. The van der Waals surface area contributed by atoms with Gasteiger partial charge >= 0.3 is 0 Å². The first-order valence-corrected chi connectivity index (χ1v) is 11.1. The molecule has 1 heterocycles. The standard InChI is InChI=1S/C25H34N4O2/c1-19-8-10-22(11-9-19)17-28(15-12-21-6-4-3-5-7-21)23-16-24(25(31)27-14-13-26)29(18-23)20(2)30/h3-11,23-24H,12-18,26H2,1-2H3,(H,27,31). The highest BCUT2D eigenvalue weighted by Gasteiger charge is 2.40. The van der Waals surface area contributed by atoms with Gasteiger partial charge in [-0.2, -0.15) is 0 Å². The molecule has 2 aromatic rings. The van der Waals surface area contributed by atoms with Crippen LogP contribution >= 0.6 is 0 Å². The van der Waals surface area contributed by atoms with Crippen LogP contribution in [-0.4, -0.2) is 59.9 Å². The topological polar surface area (TPSA) is 78.7 Å². The molecule has 1 aliphatic rings. The third-order valence-corrected chi connectivity index (χ3v) is 5.98. The molecule has 166 valence electrons. The lowest BCUT2D eigenvalue weighted by Crippen LogP contribution is -2.46. The predicted octanol–water partition coefficient (Wildman–Crippen LogP) is 2.10. The third kappa shape index (κ3) is 6.39. The van der Waals surface area contributed by atoms with Crippen LogP contribution in [0.3, 0.4) is 0 Å². The van der Waals surface area contributed by atoms with Gasteiger partial charge in [0.2, 0.25) is 11.8 Å². The monoisotopic (exact) mass is 422 g/mol. The fraction of sp³-hybridized carbons (Fsp3) is 0.440. The molecule has 0 radical (unpaired) electrons. The number of rotatable bonds is 9. The van der Waals surface area contributed by atoms with Crippen LogP contribution < -0.4 is 11.1 Å². The van der Waals surface area contributed by atoms with Crippen LogP contribution in [0.2, 0.25) is 0 Å². The number of nitrogens with zero attached hydrogens (tertiary/aromatic N) is 2. The Kier molecular flexibility index (Phi) is 8.20. The van der Waals surface area contributed by atoms with E-state index in [1.165, 1.54) is 16.7 Å². The second-order valence-corrected chi connectivity index (χ2v) is 8.35. The summed E-state index contributed by atoms with van der Waals surface area (Å²) in [5, 5.41) is 2.86. The number of carbonyl (C=O) groups excluding carboxylic acids is 2. The van der Waals surface area contributed by atoms with Gasteiger partial charge in [-0.3, -0.25) is 14.5 Å². The van der Waals surface area contributed by atoms with Gasteiger partial charge in [0.1, 0.15) is 6.04 Å². The minimum absolute atomic E-state index is 0.0613. The van der Waals surface area contributed by atoms with Crippen LogP contribution in [0.15, 0.2) is 54.6 Å². The van der Waals surface area contributed by atoms with Crippen molar-refractivity contribution in [2.45, 2.75) is 45.3 Å². The Bertz CT molecular complexity index is 854. The van der Waals surface area contributed by atoms with E-state index < -0.39 is 6.04 Å². The Morgan fingerprint density at radius 3 is 2.45 bits per heavy atom. The minimum atomic E-state index is -0.439. The number of hydrogen-bond donors (Lipinski definition) is 2. The zero-order chi connectivity index (χ0) is 22.2. The van der Waals surface area contributed by atoms with E-state index in [1.807, 2.05) is 6.07 Å². The Morgan fingerprint density at radius 2 is 1.81 bits per heavy atom. The van der Waals surface area contributed by atoms with Crippen LogP contribution in [0, 0.1) is 6.92 Å². The molecule has 2 aromatic carbocycles. The summed E-state index contributed by atoms with van der Waals surface area (Å²) in [7, 11) is 0. The van der Waals surface area contributed by atoms with E-state index in [0.29, 0.717) is 26.1 Å². The average Bonchev–Trinajstić information content (AvgIpc) is 3.23. The first kappa shape index (κ1) is 23.0. The second kappa shape index (κ2) is 11.1. The molecule has 6 heteroatoms. The normalized spacial score (nSPS) is 18.4. The van der Waals surface area contributed by atoms with Crippen molar-refractivity contribution in [2.24, 2.45) is 5.73 Å². The molecular weight excluding hydrogens is 388 g/mol. The number of aryl methyl sites for hydroxylation is 1. The molecule has 1 aliphatic heterocycles. The van der Waals surface area contributed by atoms with Crippen molar-refractivity contribution in [2.75, 3.05) is 26.2 Å². The Labute approximate surface area is 185 Å². The molecule has 3 rings (SSSR count). The molecule has 3 N–H and O–H groups in total. The summed E-state index contributed by atoms with van der Waals surface area (Å²) in [5.41, 5.74) is 9.30. The lowest BCUT2D eigenvalue weighted by molar-refractivity contribution is -0.136. The Balaban J connectivity index is 1.76. The van der Waals surface area contributed by atoms with Crippen molar-refractivity contribution >= 4 is 11.8 Å². The van der Waals surface area contributed by atoms with Gasteiger partial charge in [-0.05, 0) is 30.9 Å². The minimum Gasteiger partial charge on any atom is -0.353 e. The van der Waals surface area contributed by atoms with Crippen molar-refractivity contribution in [1.29, 1.82) is 0 Å². The summed E-state index contributed by atoms with van der Waals surface area (Å²) in [6, 6.07) is 18.7. The van der Waals surface area contributed by atoms with Crippen LogP contribution in [0.5, 0.6) is 0 Å². The van der Waals surface area contributed by atoms with Crippen molar-refractivity contribution in [3.8, 4) is 0 Å². The molecule has 2 unspecified atom stereocenters. The summed E-state index contributed by atoms with van der Waals surface area (Å²) in [6.07, 6.45) is 1.56. The maximum Gasteiger partial charge on any atom is 0.242 e. The number of amides is 2. The van der Waals surface area contributed by atoms with Crippen molar-refractivity contribution < 1.29 is 9.59 Å². The molecule has 0 saturated carbocycles. The van der Waals surface area contributed by atoms with E-state index in [0.717, 1.165) is 19.5 Å². The predicted molar refractivity (Wildman–Crippen MR) is 123 cm³/mol. The second-order valence-electron chi connectivity index (χ2n) is 8.35. The van der Waals surface area contributed by atoms with Gasteiger partial charge < -0.3 is 16.0 Å². The highest BCUT2D eigenvalue weighted by atomic mass is 16.2. The Morgan fingerprint density at radius 1 is 1.10 bits per heavy atom. The number of nitrogens with two attached hydrogens (primary N) is 1. The molecule has 0 aliphatic carbocycles. The fourth-order valence-corrected chi connectivity index (χ4v) is 4.22. The lowest BCUT2D eigenvalue weighted by atomic mass is 10.1. The van der Waals surface area contributed by atoms with Crippen LogP contribution in [0.25, 0.3) is 0 Å². The SMILES string of the molecule is CC(=O)N1CC(N(CCc2ccccc2)Cc2ccc(C)cc2)CC1C(=O)NCCN. The molecule has 31 heavy (non-hydrogen) atoms.